The normalized spacial score (nSPS) is 46.1. The van der Waals surface area contributed by atoms with Crippen LogP contribution in [0.1, 0.15) is 98.5 Å². The first kappa shape index (κ1) is 24.1. The van der Waals surface area contributed by atoms with Crippen LogP contribution in [-0.4, -0.2) is 15.3 Å². The van der Waals surface area contributed by atoms with E-state index in [2.05, 4.69) is 47.6 Å². The van der Waals surface area contributed by atoms with E-state index in [9.17, 15) is 15.3 Å². The van der Waals surface area contributed by atoms with Crippen LogP contribution in [0.3, 0.4) is 0 Å². The third-order valence-corrected chi connectivity index (χ3v) is 12.8. The van der Waals surface area contributed by atoms with Gasteiger partial charge in [0.15, 0.2) is 11.5 Å². The Hall–Kier alpha value is -1.64. The maximum absolute atomic E-state index is 10.6. The third-order valence-electron chi connectivity index (χ3n) is 12.8. The lowest BCUT2D eigenvalue weighted by Gasteiger charge is -2.71. The Morgan fingerprint density at radius 2 is 1.38 bits per heavy atom. The SMILES string of the molecule is CC1=CCC[C@]2(C)[C@H]3CC[C@]4(C)[C@H](Cc5cc(O)c(O)cc5O)[C@@H](C)CC[C@]4(C)[C@@H]3CC[C@@]12C. The van der Waals surface area contributed by atoms with Gasteiger partial charge in [-0.15, -0.1) is 0 Å². The van der Waals surface area contributed by atoms with E-state index in [1.54, 1.807) is 11.6 Å². The fourth-order valence-corrected chi connectivity index (χ4v) is 10.0. The van der Waals surface area contributed by atoms with Crippen LogP contribution in [0, 0.1) is 45.3 Å². The molecular weight excluding hydrogens is 420 g/mol. The number of allylic oxidation sites excluding steroid dienone is 2. The zero-order chi connectivity index (χ0) is 24.7. The van der Waals surface area contributed by atoms with E-state index < -0.39 is 0 Å². The zero-order valence-electron chi connectivity index (χ0n) is 22.2. The third kappa shape index (κ3) is 3.00. The quantitative estimate of drug-likeness (QED) is 0.235. The van der Waals surface area contributed by atoms with Gasteiger partial charge in [0.1, 0.15) is 5.75 Å². The highest BCUT2D eigenvalue weighted by Crippen LogP contribution is 2.74. The van der Waals surface area contributed by atoms with Crippen molar-refractivity contribution in [3.8, 4) is 17.2 Å². The highest BCUT2D eigenvalue weighted by Gasteiger charge is 2.66. The summed E-state index contributed by atoms with van der Waals surface area (Å²) in [5.41, 5.74) is 3.63. The van der Waals surface area contributed by atoms with Crippen molar-refractivity contribution in [2.75, 3.05) is 0 Å². The molecule has 188 valence electrons. The monoisotopic (exact) mass is 466 g/mol. The van der Waals surface area contributed by atoms with Crippen molar-refractivity contribution in [2.24, 2.45) is 45.3 Å². The second-order valence-corrected chi connectivity index (χ2v) is 13.6. The summed E-state index contributed by atoms with van der Waals surface area (Å²) < 4.78 is 0. The average molecular weight is 467 g/mol. The minimum Gasteiger partial charge on any atom is -0.508 e. The molecule has 0 aliphatic heterocycles. The largest absolute Gasteiger partial charge is 0.508 e. The van der Waals surface area contributed by atoms with Gasteiger partial charge in [-0.25, -0.2) is 0 Å². The molecule has 3 N–H and O–H groups in total. The van der Waals surface area contributed by atoms with Gasteiger partial charge < -0.3 is 15.3 Å². The second kappa shape index (κ2) is 7.68. The smallest absolute Gasteiger partial charge is 0.161 e. The van der Waals surface area contributed by atoms with Crippen molar-refractivity contribution in [1.29, 1.82) is 0 Å². The molecule has 0 spiro atoms. The van der Waals surface area contributed by atoms with Crippen molar-refractivity contribution >= 4 is 0 Å². The van der Waals surface area contributed by atoms with E-state index in [1.807, 2.05) is 0 Å². The van der Waals surface area contributed by atoms with Gasteiger partial charge in [0.25, 0.3) is 0 Å². The molecule has 4 aliphatic rings. The van der Waals surface area contributed by atoms with Gasteiger partial charge in [-0.3, -0.25) is 0 Å². The molecule has 3 saturated carbocycles. The fraction of sp³-hybridized carbons (Fsp3) is 0.742. The first-order chi connectivity index (χ1) is 15.9. The van der Waals surface area contributed by atoms with Crippen LogP contribution in [0.2, 0.25) is 0 Å². The Kier molecular flexibility index (Phi) is 5.44. The van der Waals surface area contributed by atoms with Gasteiger partial charge in [-0.2, -0.15) is 0 Å². The number of hydrogen-bond acceptors (Lipinski definition) is 3. The maximum atomic E-state index is 10.6. The van der Waals surface area contributed by atoms with Gasteiger partial charge in [0.05, 0.1) is 0 Å². The number of phenolic OH excluding ortho intramolecular Hbond substituents is 3. The van der Waals surface area contributed by atoms with Crippen molar-refractivity contribution in [2.45, 2.75) is 99.3 Å². The summed E-state index contributed by atoms with van der Waals surface area (Å²) in [5.74, 6) is 2.31. The second-order valence-electron chi connectivity index (χ2n) is 13.6. The number of hydrogen-bond donors (Lipinski definition) is 3. The summed E-state index contributed by atoms with van der Waals surface area (Å²) in [6.45, 7) is 15.2. The first-order valence-electron chi connectivity index (χ1n) is 13.8. The van der Waals surface area contributed by atoms with E-state index in [0.717, 1.165) is 23.8 Å². The fourth-order valence-electron chi connectivity index (χ4n) is 10.0. The van der Waals surface area contributed by atoms with Crippen LogP contribution in [0.25, 0.3) is 0 Å². The van der Waals surface area contributed by atoms with E-state index in [1.165, 1.54) is 57.4 Å². The van der Waals surface area contributed by atoms with E-state index in [4.69, 9.17) is 0 Å². The molecule has 1 aromatic rings. The van der Waals surface area contributed by atoms with E-state index >= 15 is 0 Å². The lowest BCUT2D eigenvalue weighted by atomic mass is 9.34. The summed E-state index contributed by atoms with van der Waals surface area (Å²) in [6, 6.07) is 2.89. The van der Waals surface area contributed by atoms with E-state index in [-0.39, 0.29) is 22.7 Å². The van der Waals surface area contributed by atoms with E-state index in [0.29, 0.717) is 28.1 Å². The van der Waals surface area contributed by atoms with Crippen molar-refractivity contribution in [1.82, 2.24) is 0 Å². The van der Waals surface area contributed by atoms with Crippen LogP contribution in [0.4, 0.5) is 0 Å². The predicted octanol–water partition coefficient (Wildman–Crippen LogP) is 7.98. The Morgan fingerprint density at radius 1 is 0.765 bits per heavy atom. The number of fused-ring (bicyclic) bond motifs is 5. The molecule has 0 aromatic heterocycles. The number of rotatable bonds is 2. The van der Waals surface area contributed by atoms with Gasteiger partial charge in [-0.05, 0) is 122 Å². The lowest BCUT2D eigenvalue weighted by molar-refractivity contribution is -0.208. The van der Waals surface area contributed by atoms with Crippen LogP contribution in [-0.2, 0) is 6.42 Å². The molecule has 1 aromatic carbocycles. The highest BCUT2D eigenvalue weighted by molar-refractivity contribution is 5.48. The lowest BCUT2D eigenvalue weighted by Crippen LogP contribution is -2.63. The molecule has 0 bridgehead atoms. The van der Waals surface area contributed by atoms with Crippen LogP contribution < -0.4 is 0 Å². The van der Waals surface area contributed by atoms with Crippen molar-refractivity contribution < 1.29 is 15.3 Å². The Bertz CT molecular complexity index is 1010. The highest BCUT2D eigenvalue weighted by atomic mass is 16.3. The first-order valence-corrected chi connectivity index (χ1v) is 13.8. The van der Waals surface area contributed by atoms with Crippen molar-refractivity contribution in [3.63, 3.8) is 0 Å². The Labute approximate surface area is 206 Å². The predicted molar refractivity (Wildman–Crippen MR) is 138 cm³/mol. The zero-order valence-corrected chi connectivity index (χ0v) is 22.2. The maximum Gasteiger partial charge on any atom is 0.161 e. The number of phenols is 3. The summed E-state index contributed by atoms with van der Waals surface area (Å²) in [7, 11) is 0. The average Bonchev–Trinajstić information content (AvgIpc) is 2.77. The molecule has 0 amide bonds. The molecule has 4 aliphatic carbocycles. The molecule has 0 saturated heterocycles. The molecule has 8 atom stereocenters. The standard InChI is InChI=1S/C31H46O3/c1-19-9-13-30(5)23-10-14-28(3)20(2)8-7-12-29(28,4)22(23)11-15-31(30,6)24(19)16-21-17-26(33)27(34)18-25(21)32/h8,17-19,22-24,32-34H,7,9-16H2,1-6H3/t19-,22-,23+,24+,28-,29+,30+,31+/m0/s1. The molecule has 0 unspecified atom stereocenters. The van der Waals surface area contributed by atoms with Crippen LogP contribution >= 0.6 is 0 Å². The van der Waals surface area contributed by atoms with Gasteiger partial charge in [0.2, 0.25) is 0 Å². The van der Waals surface area contributed by atoms with Crippen LogP contribution in [0.15, 0.2) is 23.8 Å². The molecule has 0 heterocycles. The van der Waals surface area contributed by atoms with Crippen LogP contribution in [0.5, 0.6) is 17.2 Å². The molecule has 3 nitrogen and oxygen atoms in total. The summed E-state index contributed by atoms with van der Waals surface area (Å²) >= 11 is 0. The Balaban J connectivity index is 1.51. The van der Waals surface area contributed by atoms with Gasteiger partial charge >= 0.3 is 0 Å². The van der Waals surface area contributed by atoms with Crippen molar-refractivity contribution in [3.05, 3.63) is 29.3 Å². The minimum absolute atomic E-state index is 0.109. The number of benzene rings is 1. The molecule has 5 rings (SSSR count). The summed E-state index contributed by atoms with van der Waals surface area (Å²) in [5, 5.41) is 30.6. The van der Waals surface area contributed by atoms with Gasteiger partial charge in [-0.1, -0.05) is 46.3 Å². The molecule has 0 radical (unpaired) electrons. The molecule has 3 heteroatoms. The molecule has 34 heavy (non-hydrogen) atoms. The topological polar surface area (TPSA) is 60.7 Å². The summed E-state index contributed by atoms with van der Waals surface area (Å²) in [4.78, 5) is 0. The van der Waals surface area contributed by atoms with Gasteiger partial charge in [0, 0.05) is 6.07 Å². The number of aromatic hydroxyl groups is 3. The Morgan fingerprint density at radius 3 is 2.12 bits per heavy atom. The summed E-state index contributed by atoms with van der Waals surface area (Å²) in [6.07, 6.45) is 13.6. The minimum atomic E-state index is -0.246. The molecule has 3 fully saturated rings. The molecular formula is C31H46O3.